The Morgan fingerprint density at radius 3 is 2.21 bits per heavy atom. The third-order valence-corrected chi connectivity index (χ3v) is 4.28. The molecule has 1 N–H and O–H groups in total. The molecule has 0 spiro atoms. The lowest BCUT2D eigenvalue weighted by Crippen LogP contribution is -2.20. The third-order valence-electron chi connectivity index (χ3n) is 4.28. The van der Waals surface area contributed by atoms with Gasteiger partial charge in [-0.3, -0.25) is 9.59 Å². The molecule has 1 amide bonds. The summed E-state index contributed by atoms with van der Waals surface area (Å²) in [5.41, 5.74) is 2.33. The van der Waals surface area contributed by atoms with Crippen LogP contribution in [0.4, 0.5) is 5.69 Å². The molecule has 0 fully saturated rings. The van der Waals surface area contributed by atoms with Crippen molar-refractivity contribution in [1.29, 1.82) is 0 Å². The molecule has 0 aliphatic carbocycles. The maximum atomic E-state index is 12.3. The zero-order valence-electron chi connectivity index (χ0n) is 16.5. The molecule has 0 aliphatic heterocycles. The lowest BCUT2D eigenvalue weighted by molar-refractivity contribution is -0.118. The number of carbonyl (C=O) groups excluding carboxylic acids is 2. The summed E-state index contributed by atoms with van der Waals surface area (Å²) in [6.45, 7) is 3.67. The summed E-state index contributed by atoms with van der Waals surface area (Å²) in [6.07, 6.45) is 0.451. The maximum Gasteiger partial charge on any atom is 0.262 e. The van der Waals surface area contributed by atoms with Crippen molar-refractivity contribution in [3.8, 4) is 17.2 Å². The van der Waals surface area contributed by atoms with E-state index in [-0.39, 0.29) is 18.3 Å². The SMILES string of the molecule is CCC(=O)c1ccc(OCC(=O)Nc2ccccc2Oc2ccc(C)cc2)cc1. The summed E-state index contributed by atoms with van der Waals surface area (Å²) < 4.78 is 11.4. The molecule has 0 heterocycles. The number of benzene rings is 3. The molecule has 0 radical (unpaired) electrons. The van der Waals surface area contributed by atoms with Gasteiger partial charge >= 0.3 is 0 Å². The Morgan fingerprint density at radius 2 is 1.52 bits per heavy atom. The Hall–Kier alpha value is -3.60. The smallest absolute Gasteiger partial charge is 0.262 e. The van der Waals surface area contributed by atoms with Crippen molar-refractivity contribution in [3.63, 3.8) is 0 Å². The highest BCUT2D eigenvalue weighted by Crippen LogP contribution is 2.29. The van der Waals surface area contributed by atoms with Gasteiger partial charge in [-0.25, -0.2) is 0 Å². The Morgan fingerprint density at radius 1 is 0.862 bits per heavy atom. The van der Waals surface area contributed by atoms with Crippen LogP contribution in [0.1, 0.15) is 29.3 Å². The van der Waals surface area contributed by atoms with Gasteiger partial charge in [0.1, 0.15) is 11.5 Å². The number of rotatable bonds is 8. The highest BCUT2D eigenvalue weighted by molar-refractivity contribution is 5.96. The number of ether oxygens (including phenoxy) is 2. The first kappa shape index (κ1) is 20.1. The van der Waals surface area contributed by atoms with E-state index in [0.29, 0.717) is 34.9 Å². The Balaban J connectivity index is 1.59. The fraction of sp³-hybridized carbons (Fsp3) is 0.167. The molecule has 5 nitrogen and oxygen atoms in total. The predicted octanol–water partition coefficient (Wildman–Crippen LogP) is 5.40. The first-order valence-electron chi connectivity index (χ1n) is 9.44. The van der Waals surface area contributed by atoms with Crippen LogP contribution in [-0.2, 0) is 4.79 Å². The van der Waals surface area contributed by atoms with Crippen LogP contribution in [0.25, 0.3) is 0 Å². The van der Waals surface area contributed by atoms with Gasteiger partial charge in [-0.05, 0) is 55.5 Å². The van der Waals surface area contributed by atoms with Gasteiger partial charge in [-0.15, -0.1) is 0 Å². The number of ketones is 1. The van der Waals surface area contributed by atoms with E-state index < -0.39 is 0 Å². The van der Waals surface area contributed by atoms with Gasteiger partial charge in [-0.2, -0.15) is 0 Å². The van der Waals surface area contributed by atoms with Crippen molar-refractivity contribution in [2.45, 2.75) is 20.3 Å². The first-order chi connectivity index (χ1) is 14.0. The number of aryl methyl sites for hydroxylation is 1. The van der Waals surface area contributed by atoms with Gasteiger partial charge in [0.2, 0.25) is 0 Å². The van der Waals surface area contributed by atoms with E-state index in [0.717, 1.165) is 5.56 Å². The maximum absolute atomic E-state index is 12.3. The van der Waals surface area contributed by atoms with E-state index in [9.17, 15) is 9.59 Å². The number of amides is 1. The van der Waals surface area contributed by atoms with Gasteiger partial charge in [-0.1, -0.05) is 36.8 Å². The summed E-state index contributed by atoms with van der Waals surface area (Å²) in [7, 11) is 0. The van der Waals surface area contributed by atoms with E-state index in [1.165, 1.54) is 0 Å². The Kier molecular flexibility index (Phi) is 6.63. The summed E-state index contributed by atoms with van der Waals surface area (Å²) in [4.78, 5) is 24.0. The highest BCUT2D eigenvalue weighted by atomic mass is 16.5. The lowest BCUT2D eigenvalue weighted by Gasteiger charge is -2.13. The van der Waals surface area contributed by atoms with Crippen molar-refractivity contribution < 1.29 is 19.1 Å². The van der Waals surface area contributed by atoms with E-state index in [1.54, 1.807) is 36.4 Å². The van der Waals surface area contributed by atoms with E-state index >= 15 is 0 Å². The van der Waals surface area contributed by atoms with E-state index in [1.807, 2.05) is 50.2 Å². The van der Waals surface area contributed by atoms with Crippen LogP contribution in [0.2, 0.25) is 0 Å². The van der Waals surface area contributed by atoms with E-state index in [4.69, 9.17) is 9.47 Å². The molecule has 0 saturated carbocycles. The van der Waals surface area contributed by atoms with Crippen LogP contribution < -0.4 is 14.8 Å². The molecule has 0 atom stereocenters. The first-order valence-corrected chi connectivity index (χ1v) is 9.44. The topological polar surface area (TPSA) is 64.6 Å². The molecule has 5 heteroatoms. The zero-order chi connectivity index (χ0) is 20.6. The minimum Gasteiger partial charge on any atom is -0.484 e. The van der Waals surface area contributed by atoms with Crippen molar-refractivity contribution in [3.05, 3.63) is 83.9 Å². The van der Waals surface area contributed by atoms with Gasteiger partial charge in [0, 0.05) is 12.0 Å². The second-order valence-electron chi connectivity index (χ2n) is 6.55. The zero-order valence-corrected chi connectivity index (χ0v) is 16.5. The molecule has 3 rings (SSSR count). The Bertz CT molecular complexity index is 979. The number of anilines is 1. The van der Waals surface area contributed by atoms with Crippen LogP contribution in [0.15, 0.2) is 72.8 Å². The number of nitrogens with one attached hydrogen (secondary N) is 1. The average molecular weight is 389 g/mol. The molecule has 3 aromatic rings. The summed E-state index contributed by atoms with van der Waals surface area (Å²) >= 11 is 0. The molecular formula is C24H23NO4. The Labute approximate surface area is 170 Å². The molecule has 0 unspecified atom stereocenters. The molecule has 3 aromatic carbocycles. The van der Waals surface area contributed by atoms with Gasteiger partial charge in [0.15, 0.2) is 18.1 Å². The second-order valence-corrected chi connectivity index (χ2v) is 6.55. The molecule has 0 bridgehead atoms. The molecule has 29 heavy (non-hydrogen) atoms. The molecule has 0 aliphatic rings. The minimum atomic E-state index is -0.307. The number of hydrogen-bond donors (Lipinski definition) is 1. The standard InChI is InChI=1S/C24H23NO4/c1-3-22(26)18-10-14-19(15-11-18)28-16-24(27)25-21-6-4-5-7-23(21)29-20-12-8-17(2)9-13-20/h4-15H,3,16H2,1-2H3,(H,25,27). The van der Waals surface area contributed by atoms with Crippen LogP contribution in [0.3, 0.4) is 0 Å². The molecule has 148 valence electrons. The average Bonchev–Trinajstić information content (AvgIpc) is 2.75. The highest BCUT2D eigenvalue weighted by Gasteiger charge is 2.10. The van der Waals surface area contributed by atoms with Crippen molar-refractivity contribution in [2.24, 2.45) is 0 Å². The van der Waals surface area contributed by atoms with E-state index in [2.05, 4.69) is 5.32 Å². The molecule has 0 aromatic heterocycles. The van der Waals surface area contributed by atoms with Crippen molar-refractivity contribution >= 4 is 17.4 Å². The number of hydrogen-bond acceptors (Lipinski definition) is 4. The van der Waals surface area contributed by atoms with Gasteiger partial charge < -0.3 is 14.8 Å². The van der Waals surface area contributed by atoms with Crippen molar-refractivity contribution in [1.82, 2.24) is 0 Å². The second kappa shape index (κ2) is 9.55. The van der Waals surface area contributed by atoms with Crippen LogP contribution in [-0.4, -0.2) is 18.3 Å². The van der Waals surface area contributed by atoms with Crippen LogP contribution in [0, 0.1) is 6.92 Å². The molecule has 0 saturated heterocycles. The number of carbonyl (C=O) groups is 2. The number of Topliss-reactive ketones (excluding diaryl/α,β-unsaturated/α-hetero) is 1. The van der Waals surface area contributed by atoms with Crippen LogP contribution in [0.5, 0.6) is 17.2 Å². The monoisotopic (exact) mass is 389 g/mol. The quantitative estimate of drug-likeness (QED) is 0.524. The summed E-state index contributed by atoms with van der Waals surface area (Å²) in [5.74, 6) is 1.53. The summed E-state index contributed by atoms with van der Waals surface area (Å²) in [5, 5.41) is 2.81. The third kappa shape index (κ3) is 5.69. The van der Waals surface area contributed by atoms with Crippen LogP contribution >= 0.6 is 0 Å². The molecular weight excluding hydrogens is 366 g/mol. The largest absolute Gasteiger partial charge is 0.484 e. The van der Waals surface area contributed by atoms with Gasteiger partial charge in [0.25, 0.3) is 5.91 Å². The normalized spacial score (nSPS) is 10.3. The lowest BCUT2D eigenvalue weighted by atomic mass is 10.1. The van der Waals surface area contributed by atoms with Crippen molar-refractivity contribution in [2.75, 3.05) is 11.9 Å². The fourth-order valence-electron chi connectivity index (χ4n) is 2.67. The predicted molar refractivity (Wildman–Crippen MR) is 113 cm³/mol. The minimum absolute atomic E-state index is 0.0690. The number of para-hydroxylation sites is 2. The van der Waals surface area contributed by atoms with Gasteiger partial charge in [0.05, 0.1) is 5.69 Å². The summed E-state index contributed by atoms with van der Waals surface area (Å²) in [6, 6.07) is 21.7. The fourth-order valence-corrected chi connectivity index (χ4v) is 2.67.